The molecule has 0 saturated carbocycles. The Hall–Kier alpha value is -2.48. The topological polar surface area (TPSA) is 73.8 Å². The summed E-state index contributed by atoms with van der Waals surface area (Å²) >= 11 is 16.0. The van der Waals surface area contributed by atoms with Gasteiger partial charge in [0.1, 0.15) is 0 Å². The molecule has 0 aliphatic rings. The number of rotatable bonds is 4. The Morgan fingerprint density at radius 1 is 1.06 bits per heavy atom. The van der Waals surface area contributed by atoms with Gasteiger partial charge in [-0.2, -0.15) is 5.10 Å². The Balaban J connectivity index is 2.00. The minimum absolute atomic E-state index is 0.161. The normalized spacial score (nSPS) is 11.7. The van der Waals surface area contributed by atoms with Crippen molar-refractivity contribution in [2.75, 3.05) is 0 Å². The zero-order chi connectivity index (χ0) is 22.3. The summed E-state index contributed by atoms with van der Waals surface area (Å²) < 4.78 is 8.37. The lowest BCUT2D eigenvalue weighted by atomic mass is 9.97. The quantitative estimate of drug-likeness (QED) is 0.278. The lowest BCUT2D eigenvalue weighted by Gasteiger charge is -2.10. The first-order valence-corrected chi connectivity index (χ1v) is 10.9. The van der Waals surface area contributed by atoms with Crippen molar-refractivity contribution >= 4 is 45.4 Å². The molecule has 4 aromatic rings. The molecule has 2 aromatic carbocycles. The van der Waals surface area contributed by atoms with Gasteiger partial charge in [-0.05, 0) is 30.3 Å². The van der Waals surface area contributed by atoms with Crippen LogP contribution in [0.1, 0.15) is 37.0 Å². The van der Waals surface area contributed by atoms with Crippen molar-refractivity contribution in [2.45, 2.75) is 26.2 Å². The molecule has 4 rings (SSSR count). The van der Waals surface area contributed by atoms with Crippen molar-refractivity contribution in [3.05, 3.63) is 68.4 Å². The second-order valence-electron chi connectivity index (χ2n) is 7.91. The fourth-order valence-corrected chi connectivity index (χ4v) is 3.79. The lowest BCUT2D eigenvalue weighted by Crippen LogP contribution is -2.11. The van der Waals surface area contributed by atoms with Crippen LogP contribution in [0.2, 0.25) is 10.0 Å². The van der Waals surface area contributed by atoms with Crippen LogP contribution in [-0.4, -0.2) is 26.3 Å². The van der Waals surface area contributed by atoms with Crippen LogP contribution >= 0.6 is 39.1 Å². The van der Waals surface area contributed by atoms with Gasteiger partial charge in [0.2, 0.25) is 5.89 Å². The Bertz CT molecular complexity index is 1270. The molecule has 0 saturated heterocycles. The molecule has 0 unspecified atom stereocenters. The molecule has 31 heavy (non-hydrogen) atoms. The minimum atomic E-state index is -0.344. The van der Waals surface area contributed by atoms with Crippen LogP contribution in [0.4, 0.5) is 0 Å². The number of hydrogen-bond donors (Lipinski definition) is 0. The second-order valence-corrected chi connectivity index (χ2v) is 9.66. The Morgan fingerprint density at radius 3 is 2.35 bits per heavy atom. The van der Waals surface area contributed by atoms with E-state index in [-0.39, 0.29) is 17.0 Å². The van der Waals surface area contributed by atoms with Crippen LogP contribution in [0.15, 0.2) is 51.4 Å². The fourth-order valence-electron chi connectivity index (χ4n) is 3.03. The van der Waals surface area contributed by atoms with E-state index in [0.717, 1.165) is 16.3 Å². The first kappa shape index (κ1) is 21.7. The molecular formula is C22H17BrCl2N4O2. The summed E-state index contributed by atoms with van der Waals surface area (Å²) in [7, 11) is 0. The highest BCUT2D eigenvalue weighted by atomic mass is 79.9. The zero-order valence-electron chi connectivity index (χ0n) is 16.9. The van der Waals surface area contributed by atoms with Gasteiger partial charge >= 0.3 is 0 Å². The summed E-state index contributed by atoms with van der Waals surface area (Å²) in [5.41, 5.74) is 2.14. The van der Waals surface area contributed by atoms with E-state index in [9.17, 15) is 4.79 Å². The highest BCUT2D eigenvalue weighted by molar-refractivity contribution is 9.10. The number of carbonyl (C=O) groups is 1. The molecule has 0 N–H and O–H groups in total. The first-order valence-electron chi connectivity index (χ1n) is 9.33. The van der Waals surface area contributed by atoms with E-state index in [0.29, 0.717) is 32.9 Å². The van der Waals surface area contributed by atoms with E-state index >= 15 is 0 Å². The third-order valence-corrected chi connectivity index (χ3v) is 5.63. The molecule has 0 spiro atoms. The summed E-state index contributed by atoms with van der Waals surface area (Å²) in [5, 5.41) is 13.8. The molecule has 158 valence electrons. The molecule has 2 heterocycles. The van der Waals surface area contributed by atoms with Crippen LogP contribution in [0, 0.1) is 0 Å². The largest absolute Gasteiger partial charge is 0.419 e. The number of aldehydes is 1. The lowest BCUT2D eigenvalue weighted by molar-refractivity contribution is 0.112. The van der Waals surface area contributed by atoms with Crippen molar-refractivity contribution < 1.29 is 9.21 Å². The Kier molecular flexibility index (Phi) is 5.77. The molecule has 0 amide bonds. The molecule has 0 atom stereocenters. The molecule has 2 aromatic heterocycles. The van der Waals surface area contributed by atoms with Crippen molar-refractivity contribution in [2.24, 2.45) is 0 Å². The molecule has 0 radical (unpaired) electrons. The Morgan fingerprint density at radius 2 is 1.77 bits per heavy atom. The van der Waals surface area contributed by atoms with E-state index in [1.165, 1.54) is 0 Å². The monoisotopic (exact) mass is 518 g/mol. The van der Waals surface area contributed by atoms with Gasteiger partial charge in [-0.1, -0.05) is 72.0 Å². The zero-order valence-corrected chi connectivity index (χ0v) is 20.0. The standard InChI is InChI=1S/C22H17BrCl2N4O2/c1-22(2,3)21-27-26-20(31-21)18-15(11-30)19(12-4-6-13(23)7-5-12)29(28-18)17-9-8-14(24)10-16(17)25/h4-11H,1-3H3. The van der Waals surface area contributed by atoms with E-state index in [1.807, 2.05) is 45.0 Å². The third kappa shape index (κ3) is 4.18. The van der Waals surface area contributed by atoms with Crippen molar-refractivity contribution in [1.29, 1.82) is 0 Å². The molecular weight excluding hydrogens is 503 g/mol. The minimum Gasteiger partial charge on any atom is -0.419 e. The van der Waals surface area contributed by atoms with Crippen molar-refractivity contribution in [3.8, 4) is 28.5 Å². The fraction of sp³-hybridized carbons (Fsp3) is 0.182. The molecule has 6 nitrogen and oxygen atoms in total. The van der Waals surface area contributed by atoms with Crippen LogP contribution in [0.25, 0.3) is 28.5 Å². The van der Waals surface area contributed by atoms with E-state index in [4.69, 9.17) is 27.6 Å². The molecule has 0 bridgehead atoms. The van der Waals surface area contributed by atoms with Gasteiger partial charge in [-0.3, -0.25) is 4.79 Å². The van der Waals surface area contributed by atoms with Gasteiger partial charge < -0.3 is 4.42 Å². The smallest absolute Gasteiger partial charge is 0.269 e. The molecule has 0 fully saturated rings. The maximum Gasteiger partial charge on any atom is 0.269 e. The van der Waals surface area contributed by atoms with Gasteiger partial charge in [0.25, 0.3) is 5.89 Å². The molecule has 0 aliphatic heterocycles. The number of benzene rings is 2. The summed E-state index contributed by atoms with van der Waals surface area (Å²) in [6, 6.07) is 12.6. The van der Waals surface area contributed by atoms with Crippen LogP contribution in [-0.2, 0) is 5.41 Å². The molecule has 0 aliphatic carbocycles. The number of halogens is 3. The molecule has 9 heteroatoms. The predicted molar refractivity (Wildman–Crippen MR) is 124 cm³/mol. The average Bonchev–Trinajstić information content (AvgIpc) is 3.33. The van der Waals surface area contributed by atoms with Gasteiger partial charge in [0, 0.05) is 20.5 Å². The number of hydrogen-bond acceptors (Lipinski definition) is 5. The summed E-state index contributed by atoms with van der Waals surface area (Å²) in [5.74, 6) is 0.609. The van der Waals surface area contributed by atoms with Crippen LogP contribution in [0.5, 0.6) is 0 Å². The van der Waals surface area contributed by atoms with E-state index in [2.05, 4.69) is 31.2 Å². The van der Waals surface area contributed by atoms with Crippen molar-refractivity contribution in [1.82, 2.24) is 20.0 Å². The van der Waals surface area contributed by atoms with Gasteiger partial charge in [-0.25, -0.2) is 4.68 Å². The van der Waals surface area contributed by atoms with Crippen LogP contribution < -0.4 is 0 Å². The summed E-state index contributed by atoms with van der Waals surface area (Å²) in [4.78, 5) is 12.2. The van der Waals surface area contributed by atoms with E-state index < -0.39 is 0 Å². The number of nitrogens with zero attached hydrogens (tertiary/aromatic N) is 4. The second kappa shape index (κ2) is 8.22. The third-order valence-electron chi connectivity index (χ3n) is 4.56. The maximum atomic E-state index is 12.2. The number of carbonyl (C=O) groups excluding carboxylic acids is 1. The maximum absolute atomic E-state index is 12.2. The average molecular weight is 520 g/mol. The van der Waals surface area contributed by atoms with Crippen molar-refractivity contribution in [3.63, 3.8) is 0 Å². The van der Waals surface area contributed by atoms with Gasteiger partial charge in [-0.15, -0.1) is 10.2 Å². The SMILES string of the molecule is CC(C)(C)c1nnc(-c2nn(-c3ccc(Cl)cc3Cl)c(-c3ccc(Br)cc3)c2C=O)o1. The summed E-state index contributed by atoms with van der Waals surface area (Å²) in [6.07, 6.45) is 0.737. The summed E-state index contributed by atoms with van der Waals surface area (Å²) in [6.45, 7) is 5.89. The number of aromatic nitrogens is 4. The highest BCUT2D eigenvalue weighted by Crippen LogP contribution is 2.36. The van der Waals surface area contributed by atoms with Gasteiger partial charge in [0.15, 0.2) is 12.0 Å². The highest BCUT2D eigenvalue weighted by Gasteiger charge is 2.28. The Labute approximate surface area is 197 Å². The first-order chi connectivity index (χ1) is 14.7. The van der Waals surface area contributed by atoms with Gasteiger partial charge in [0.05, 0.1) is 22.0 Å². The van der Waals surface area contributed by atoms with E-state index in [1.54, 1.807) is 22.9 Å². The predicted octanol–water partition coefficient (Wildman–Crippen LogP) is 6.77. The van der Waals surface area contributed by atoms with Crippen LogP contribution in [0.3, 0.4) is 0 Å².